The monoisotopic (exact) mass is 275 g/mol. The van der Waals surface area contributed by atoms with E-state index >= 15 is 0 Å². The van der Waals surface area contributed by atoms with E-state index in [-0.39, 0.29) is 5.60 Å². The second-order valence-corrected chi connectivity index (χ2v) is 5.95. The third kappa shape index (κ3) is 2.86. The molecule has 2 fully saturated rings. The number of carboxylic acid groups (broad SMARTS) is 1. The Bertz CT molecular complexity index is 477. The molecule has 0 radical (unpaired) electrons. The van der Waals surface area contributed by atoms with E-state index in [0.29, 0.717) is 5.56 Å². The Labute approximate surface area is 119 Å². The van der Waals surface area contributed by atoms with Gasteiger partial charge in [-0.1, -0.05) is 25.0 Å². The van der Waals surface area contributed by atoms with Crippen molar-refractivity contribution in [3.05, 3.63) is 35.4 Å². The van der Waals surface area contributed by atoms with Gasteiger partial charge in [0.1, 0.15) is 0 Å². The zero-order valence-electron chi connectivity index (χ0n) is 11.7. The van der Waals surface area contributed by atoms with E-state index in [2.05, 4.69) is 4.90 Å². The zero-order chi connectivity index (χ0) is 14.0. The smallest absolute Gasteiger partial charge is 0.335 e. The van der Waals surface area contributed by atoms with Crippen molar-refractivity contribution >= 4 is 5.97 Å². The lowest BCUT2D eigenvalue weighted by Crippen LogP contribution is -2.49. The van der Waals surface area contributed by atoms with Crippen LogP contribution in [0.3, 0.4) is 0 Å². The number of hydrogen-bond donors (Lipinski definition) is 1. The lowest BCUT2D eigenvalue weighted by molar-refractivity contribution is -0.107. The predicted octanol–water partition coefficient (Wildman–Crippen LogP) is 2.53. The molecule has 1 aliphatic carbocycles. The number of rotatable bonds is 3. The summed E-state index contributed by atoms with van der Waals surface area (Å²) >= 11 is 0. The Balaban J connectivity index is 1.63. The van der Waals surface area contributed by atoms with Crippen molar-refractivity contribution < 1.29 is 14.6 Å². The van der Waals surface area contributed by atoms with Crippen LogP contribution >= 0.6 is 0 Å². The standard InChI is InChI=1S/C16H21NO3/c18-15(19)14-5-3-13(4-6-14)11-17-9-10-20-16(12-17)7-1-2-8-16/h3-6H,1-2,7-12H2,(H,18,19). The van der Waals surface area contributed by atoms with E-state index in [9.17, 15) is 4.79 Å². The average molecular weight is 275 g/mol. The minimum atomic E-state index is -0.868. The van der Waals surface area contributed by atoms with Crippen molar-refractivity contribution in [1.29, 1.82) is 0 Å². The van der Waals surface area contributed by atoms with Crippen molar-refractivity contribution in [2.75, 3.05) is 19.7 Å². The molecule has 0 unspecified atom stereocenters. The topological polar surface area (TPSA) is 49.8 Å². The van der Waals surface area contributed by atoms with Crippen molar-refractivity contribution in [3.8, 4) is 0 Å². The molecule has 0 bridgehead atoms. The Kier molecular flexibility index (Phi) is 3.76. The lowest BCUT2D eigenvalue weighted by atomic mass is 9.99. The van der Waals surface area contributed by atoms with Crippen LogP contribution in [-0.4, -0.2) is 41.3 Å². The molecule has 3 rings (SSSR count). The minimum Gasteiger partial charge on any atom is -0.478 e. The molecule has 1 aromatic carbocycles. The Morgan fingerprint density at radius 2 is 1.95 bits per heavy atom. The van der Waals surface area contributed by atoms with Gasteiger partial charge in [-0.25, -0.2) is 4.79 Å². The van der Waals surface area contributed by atoms with Gasteiger partial charge in [-0.2, -0.15) is 0 Å². The average Bonchev–Trinajstić information content (AvgIpc) is 2.87. The molecule has 1 aromatic rings. The first-order valence-electron chi connectivity index (χ1n) is 7.35. The van der Waals surface area contributed by atoms with Gasteiger partial charge in [0.15, 0.2) is 0 Å². The highest BCUT2D eigenvalue weighted by molar-refractivity contribution is 5.87. The molecule has 2 aliphatic rings. The summed E-state index contributed by atoms with van der Waals surface area (Å²) in [5, 5.41) is 8.91. The zero-order valence-corrected chi connectivity index (χ0v) is 11.7. The van der Waals surface area contributed by atoms with Gasteiger partial charge in [0.25, 0.3) is 0 Å². The number of aromatic carboxylic acids is 1. The van der Waals surface area contributed by atoms with E-state index in [1.54, 1.807) is 12.1 Å². The van der Waals surface area contributed by atoms with Gasteiger partial charge in [0.2, 0.25) is 0 Å². The summed E-state index contributed by atoms with van der Waals surface area (Å²) in [4.78, 5) is 13.3. The predicted molar refractivity (Wildman–Crippen MR) is 75.8 cm³/mol. The van der Waals surface area contributed by atoms with Crippen LogP contribution in [0.2, 0.25) is 0 Å². The van der Waals surface area contributed by atoms with Crippen LogP contribution < -0.4 is 0 Å². The second kappa shape index (κ2) is 5.54. The number of carbonyl (C=O) groups is 1. The summed E-state index contributed by atoms with van der Waals surface area (Å²) < 4.78 is 6.03. The van der Waals surface area contributed by atoms with Gasteiger partial charge in [0.05, 0.1) is 17.8 Å². The first-order valence-corrected chi connectivity index (χ1v) is 7.35. The van der Waals surface area contributed by atoms with Crippen molar-refractivity contribution in [2.24, 2.45) is 0 Å². The van der Waals surface area contributed by atoms with Crippen molar-refractivity contribution in [3.63, 3.8) is 0 Å². The first-order chi connectivity index (χ1) is 9.67. The van der Waals surface area contributed by atoms with Crippen LogP contribution in [0.1, 0.15) is 41.6 Å². The molecule has 1 saturated carbocycles. The molecule has 1 N–H and O–H groups in total. The first kappa shape index (κ1) is 13.6. The largest absolute Gasteiger partial charge is 0.478 e. The number of hydrogen-bond acceptors (Lipinski definition) is 3. The summed E-state index contributed by atoms with van der Waals surface area (Å²) in [6.07, 6.45) is 4.92. The number of carboxylic acids is 1. The summed E-state index contributed by atoms with van der Waals surface area (Å²) in [5.74, 6) is -0.868. The third-order valence-electron chi connectivity index (χ3n) is 4.45. The van der Waals surface area contributed by atoms with E-state index in [4.69, 9.17) is 9.84 Å². The highest BCUT2D eigenvalue weighted by Gasteiger charge is 2.38. The molecule has 1 aliphatic heterocycles. The normalized spacial score (nSPS) is 22.2. The molecule has 1 spiro atoms. The molecule has 0 atom stereocenters. The number of nitrogens with zero attached hydrogens (tertiary/aromatic N) is 1. The van der Waals surface area contributed by atoms with Crippen LogP contribution in [0.4, 0.5) is 0 Å². The molecule has 4 heteroatoms. The van der Waals surface area contributed by atoms with Crippen molar-refractivity contribution in [1.82, 2.24) is 4.90 Å². The second-order valence-electron chi connectivity index (χ2n) is 5.95. The maximum absolute atomic E-state index is 10.8. The van der Waals surface area contributed by atoms with Gasteiger partial charge < -0.3 is 9.84 Å². The van der Waals surface area contributed by atoms with Crippen LogP contribution in [0.25, 0.3) is 0 Å². The quantitative estimate of drug-likeness (QED) is 0.921. The summed E-state index contributed by atoms with van der Waals surface area (Å²) in [6, 6.07) is 7.20. The van der Waals surface area contributed by atoms with Gasteiger partial charge in [-0.3, -0.25) is 4.90 Å². The van der Waals surface area contributed by atoms with Crippen LogP contribution in [-0.2, 0) is 11.3 Å². The summed E-state index contributed by atoms with van der Waals surface area (Å²) in [7, 11) is 0. The third-order valence-corrected chi connectivity index (χ3v) is 4.45. The summed E-state index contributed by atoms with van der Waals surface area (Å²) in [6.45, 7) is 3.66. The van der Waals surface area contributed by atoms with Crippen LogP contribution in [0.5, 0.6) is 0 Å². The Morgan fingerprint density at radius 1 is 1.25 bits per heavy atom. The van der Waals surface area contributed by atoms with Gasteiger partial charge in [0, 0.05) is 19.6 Å². The van der Waals surface area contributed by atoms with Gasteiger partial charge in [-0.05, 0) is 30.5 Å². The molecule has 1 heterocycles. The van der Waals surface area contributed by atoms with Crippen LogP contribution in [0.15, 0.2) is 24.3 Å². The fourth-order valence-corrected chi connectivity index (χ4v) is 3.39. The Hall–Kier alpha value is -1.39. The van der Waals surface area contributed by atoms with E-state index in [1.165, 1.54) is 31.2 Å². The highest BCUT2D eigenvalue weighted by Crippen LogP contribution is 2.36. The maximum Gasteiger partial charge on any atom is 0.335 e. The molecule has 20 heavy (non-hydrogen) atoms. The van der Waals surface area contributed by atoms with E-state index in [1.807, 2.05) is 12.1 Å². The highest BCUT2D eigenvalue weighted by atomic mass is 16.5. The van der Waals surface area contributed by atoms with Gasteiger partial charge >= 0.3 is 5.97 Å². The molecule has 0 amide bonds. The molecular weight excluding hydrogens is 254 g/mol. The molecule has 1 saturated heterocycles. The molecule has 4 nitrogen and oxygen atoms in total. The minimum absolute atomic E-state index is 0.0965. The van der Waals surface area contributed by atoms with Crippen molar-refractivity contribution in [2.45, 2.75) is 37.8 Å². The Morgan fingerprint density at radius 3 is 2.60 bits per heavy atom. The summed E-state index contributed by atoms with van der Waals surface area (Å²) in [5.41, 5.74) is 1.62. The number of morpholine rings is 1. The number of benzene rings is 1. The maximum atomic E-state index is 10.8. The fourth-order valence-electron chi connectivity index (χ4n) is 3.39. The lowest BCUT2D eigenvalue weighted by Gasteiger charge is -2.40. The fraction of sp³-hybridized carbons (Fsp3) is 0.562. The molecular formula is C16H21NO3. The van der Waals surface area contributed by atoms with Gasteiger partial charge in [-0.15, -0.1) is 0 Å². The van der Waals surface area contributed by atoms with Crippen LogP contribution in [0, 0.1) is 0 Å². The van der Waals surface area contributed by atoms with E-state index < -0.39 is 5.97 Å². The molecule has 108 valence electrons. The number of ether oxygens (including phenoxy) is 1. The van der Waals surface area contributed by atoms with E-state index in [0.717, 1.165) is 26.2 Å². The SMILES string of the molecule is O=C(O)c1ccc(CN2CCOC3(CCCC3)C2)cc1. The molecule has 0 aromatic heterocycles.